The van der Waals surface area contributed by atoms with E-state index in [1.165, 1.54) is 26.0 Å². The molecule has 1 aliphatic heterocycles. The molecule has 1 aromatic rings. The molecule has 1 aromatic carbocycles. The van der Waals surface area contributed by atoms with E-state index in [0.717, 1.165) is 0 Å². The first-order chi connectivity index (χ1) is 18.1. The van der Waals surface area contributed by atoms with Crippen molar-refractivity contribution in [3.05, 3.63) is 47.0 Å². The Morgan fingerprint density at radius 2 is 1.72 bits per heavy atom. The molecule has 5 rings (SSSR count). The van der Waals surface area contributed by atoms with E-state index in [-0.39, 0.29) is 30.6 Å². The van der Waals surface area contributed by atoms with Crippen LogP contribution in [0, 0.1) is 16.7 Å². The average molecular weight is 545 g/mol. The fourth-order valence-electron chi connectivity index (χ4n) is 7.66. The highest BCUT2D eigenvalue weighted by Crippen LogP contribution is 2.63. The zero-order valence-electron chi connectivity index (χ0n) is 22.7. The molecule has 0 aromatic heterocycles. The molecule has 0 spiro atoms. The number of fused-ring (bicyclic) bond motifs is 5. The van der Waals surface area contributed by atoms with E-state index in [1.54, 1.807) is 39.0 Å². The SMILES string of the molecule is CC(=O)O[C@]12CO[C@@H]1C[C@@H](O)[C@]1(C)C(=O)[C@@H](O)C3=C(C)[C@@H](O)C[C@@](O)([C@@H](OC(=O)c4ccccc4)[C@@H]21)C3(C)C. The van der Waals surface area contributed by atoms with Crippen molar-refractivity contribution < 1.29 is 49.0 Å². The van der Waals surface area contributed by atoms with Crippen molar-refractivity contribution >= 4 is 17.7 Å². The molecule has 39 heavy (non-hydrogen) atoms. The zero-order valence-corrected chi connectivity index (χ0v) is 22.7. The number of ketones is 1. The van der Waals surface area contributed by atoms with Crippen molar-refractivity contribution in [1.29, 1.82) is 0 Å². The second-order valence-corrected chi connectivity index (χ2v) is 12.2. The molecular weight excluding hydrogens is 508 g/mol. The Balaban J connectivity index is 1.81. The highest BCUT2D eigenvalue weighted by Gasteiger charge is 2.77. The van der Waals surface area contributed by atoms with Gasteiger partial charge >= 0.3 is 11.9 Å². The third-order valence-corrected chi connectivity index (χ3v) is 9.95. The van der Waals surface area contributed by atoms with Gasteiger partial charge in [-0.1, -0.05) is 32.0 Å². The number of carbonyl (C=O) groups excluding carboxylic acids is 3. The lowest BCUT2D eigenvalue weighted by atomic mass is 9.44. The maximum absolute atomic E-state index is 14.3. The molecule has 1 saturated heterocycles. The number of aliphatic hydroxyl groups excluding tert-OH is 3. The van der Waals surface area contributed by atoms with Crippen LogP contribution in [-0.2, 0) is 23.8 Å². The van der Waals surface area contributed by atoms with E-state index in [9.17, 15) is 34.8 Å². The van der Waals surface area contributed by atoms with Crippen molar-refractivity contribution in [2.24, 2.45) is 16.7 Å². The monoisotopic (exact) mass is 544 g/mol. The van der Waals surface area contributed by atoms with Gasteiger partial charge in [-0.2, -0.15) is 0 Å². The van der Waals surface area contributed by atoms with Crippen LogP contribution < -0.4 is 0 Å². The second-order valence-electron chi connectivity index (χ2n) is 12.2. The topological polar surface area (TPSA) is 160 Å². The molecule has 0 amide bonds. The van der Waals surface area contributed by atoms with Crippen LogP contribution in [0.25, 0.3) is 0 Å². The molecular formula is C29H36O10. The van der Waals surface area contributed by atoms with Gasteiger partial charge in [0.25, 0.3) is 0 Å². The van der Waals surface area contributed by atoms with Crippen LogP contribution >= 0.6 is 0 Å². The second kappa shape index (κ2) is 8.94. The van der Waals surface area contributed by atoms with E-state index >= 15 is 0 Å². The van der Waals surface area contributed by atoms with Gasteiger partial charge in [0.2, 0.25) is 0 Å². The maximum Gasteiger partial charge on any atom is 0.338 e. The summed E-state index contributed by atoms with van der Waals surface area (Å²) in [5.41, 5.74) is -6.24. The summed E-state index contributed by atoms with van der Waals surface area (Å²) in [6.45, 7) is 7.29. The van der Waals surface area contributed by atoms with Gasteiger partial charge in [-0.05, 0) is 37.1 Å². The minimum Gasteiger partial charge on any atom is -0.455 e. The third kappa shape index (κ3) is 3.62. The molecule has 0 radical (unpaired) electrons. The molecule has 3 aliphatic carbocycles. The van der Waals surface area contributed by atoms with E-state index in [2.05, 4.69) is 0 Å². The number of benzene rings is 1. The van der Waals surface area contributed by atoms with Crippen molar-refractivity contribution in [2.45, 2.75) is 89.2 Å². The maximum atomic E-state index is 14.3. The number of esters is 2. The minimum atomic E-state index is -2.07. The van der Waals surface area contributed by atoms with Crippen LogP contribution in [0.2, 0.25) is 0 Å². The summed E-state index contributed by atoms with van der Waals surface area (Å²) in [6, 6.07) is 8.08. The Bertz CT molecular complexity index is 1240. The molecule has 4 aliphatic rings. The molecule has 3 fully saturated rings. The first kappa shape index (κ1) is 27.9. The van der Waals surface area contributed by atoms with Gasteiger partial charge in [-0.3, -0.25) is 9.59 Å². The van der Waals surface area contributed by atoms with Crippen LogP contribution in [0.15, 0.2) is 41.5 Å². The number of hydrogen-bond donors (Lipinski definition) is 4. The normalized spacial score (nSPS) is 42.7. The largest absolute Gasteiger partial charge is 0.455 e. The third-order valence-electron chi connectivity index (χ3n) is 9.95. The summed E-state index contributed by atoms with van der Waals surface area (Å²) in [6.07, 6.45) is -7.26. The van der Waals surface area contributed by atoms with Gasteiger partial charge in [0, 0.05) is 25.2 Å². The molecule has 4 N–H and O–H groups in total. The Hall–Kier alpha value is -2.63. The molecule has 1 heterocycles. The van der Waals surface area contributed by atoms with E-state index in [4.69, 9.17) is 14.2 Å². The van der Waals surface area contributed by atoms with Crippen molar-refractivity contribution in [3.8, 4) is 0 Å². The molecule has 9 atom stereocenters. The van der Waals surface area contributed by atoms with Gasteiger partial charge in [-0.15, -0.1) is 0 Å². The molecule has 2 bridgehead atoms. The number of rotatable bonds is 3. The van der Waals surface area contributed by atoms with Gasteiger partial charge in [0.1, 0.15) is 23.9 Å². The number of hydrogen-bond acceptors (Lipinski definition) is 10. The predicted octanol–water partition coefficient (Wildman–Crippen LogP) is 1.08. The van der Waals surface area contributed by atoms with Gasteiger partial charge in [0.05, 0.1) is 35.7 Å². The van der Waals surface area contributed by atoms with Crippen LogP contribution in [-0.4, -0.2) is 86.5 Å². The first-order valence-electron chi connectivity index (χ1n) is 13.2. The fraction of sp³-hybridized carbons (Fsp3) is 0.621. The van der Waals surface area contributed by atoms with E-state index < -0.39 is 76.2 Å². The van der Waals surface area contributed by atoms with Crippen LogP contribution in [0.3, 0.4) is 0 Å². The summed E-state index contributed by atoms with van der Waals surface area (Å²) in [4.78, 5) is 40.3. The molecule has 212 valence electrons. The number of Topliss-reactive ketones (excluding diaryl/α,β-unsaturated/α-hetero) is 1. The van der Waals surface area contributed by atoms with E-state index in [1.807, 2.05) is 0 Å². The van der Waals surface area contributed by atoms with Crippen LogP contribution in [0.5, 0.6) is 0 Å². The van der Waals surface area contributed by atoms with Crippen molar-refractivity contribution in [3.63, 3.8) is 0 Å². The highest BCUT2D eigenvalue weighted by atomic mass is 16.6. The van der Waals surface area contributed by atoms with E-state index in [0.29, 0.717) is 5.57 Å². The van der Waals surface area contributed by atoms with Crippen LogP contribution in [0.4, 0.5) is 0 Å². The highest BCUT2D eigenvalue weighted by molar-refractivity contribution is 5.94. The Morgan fingerprint density at radius 1 is 1.08 bits per heavy atom. The summed E-state index contributed by atoms with van der Waals surface area (Å²) in [7, 11) is 0. The standard InChI is InChI=1S/C29H36O10/c1-14-17(31)12-29(36)24(38-25(35)16-9-7-6-8-10-16)22-27(5,23(34)21(33)20(14)26(29,3)4)18(32)11-19-28(22,13-37-19)39-15(2)30/h6-10,17-19,21-22,24,31-33,36H,11-13H2,1-5H3/t17-,18+,19+,21-,22+,24-,27-,28+,29+/m0/s1. The van der Waals surface area contributed by atoms with Gasteiger partial charge in [-0.25, -0.2) is 4.79 Å². The van der Waals surface area contributed by atoms with Crippen molar-refractivity contribution in [2.75, 3.05) is 6.61 Å². The Morgan fingerprint density at radius 3 is 2.28 bits per heavy atom. The molecule has 2 saturated carbocycles. The number of ether oxygens (including phenoxy) is 3. The summed E-state index contributed by atoms with van der Waals surface area (Å²) < 4.78 is 17.7. The zero-order chi connectivity index (χ0) is 28.7. The van der Waals surface area contributed by atoms with Gasteiger partial charge < -0.3 is 34.6 Å². The Labute approximate surface area is 226 Å². The number of carbonyl (C=O) groups is 3. The first-order valence-corrected chi connectivity index (χ1v) is 13.2. The lowest BCUT2D eigenvalue weighted by molar-refractivity contribution is -0.345. The average Bonchev–Trinajstić information content (AvgIpc) is 2.87. The fourth-order valence-corrected chi connectivity index (χ4v) is 7.66. The minimum absolute atomic E-state index is 0.0828. The molecule has 0 unspecified atom stereocenters. The smallest absolute Gasteiger partial charge is 0.338 e. The quantitative estimate of drug-likeness (QED) is 0.320. The summed E-state index contributed by atoms with van der Waals surface area (Å²) >= 11 is 0. The predicted molar refractivity (Wildman–Crippen MR) is 135 cm³/mol. The Kier molecular flexibility index (Phi) is 6.40. The molecule has 10 heteroatoms. The summed E-state index contributed by atoms with van der Waals surface area (Å²) in [5, 5.41) is 46.7. The molecule has 10 nitrogen and oxygen atoms in total. The van der Waals surface area contributed by atoms with Crippen LogP contribution in [0.1, 0.15) is 57.8 Å². The van der Waals surface area contributed by atoms with Gasteiger partial charge in [0.15, 0.2) is 11.4 Å². The number of aliphatic hydroxyl groups is 4. The lowest BCUT2D eigenvalue weighted by Gasteiger charge is -2.67. The summed E-state index contributed by atoms with van der Waals surface area (Å²) in [5.74, 6) is -3.60. The lowest BCUT2D eigenvalue weighted by Crippen LogP contribution is -2.81. The van der Waals surface area contributed by atoms with Crippen molar-refractivity contribution in [1.82, 2.24) is 0 Å².